The summed E-state index contributed by atoms with van der Waals surface area (Å²) in [7, 11) is 0. The molecule has 1 aromatic carbocycles. The van der Waals surface area contributed by atoms with Crippen LogP contribution in [-0.2, 0) is 4.74 Å². The number of amides is 4. The molecule has 4 N–H and O–H groups in total. The fraction of sp³-hybridized carbons (Fsp3) is 0.227. The second-order valence-corrected chi connectivity index (χ2v) is 8.66. The first kappa shape index (κ1) is 24.0. The summed E-state index contributed by atoms with van der Waals surface area (Å²) in [5.74, 6) is -2.63. The number of esters is 1. The average Bonchev–Trinajstić information content (AvgIpc) is 3.25. The molecule has 0 radical (unpaired) electrons. The largest absolute Gasteiger partial charge is 0.457 e. The van der Waals surface area contributed by atoms with Crippen molar-refractivity contribution in [1.29, 1.82) is 0 Å². The molecule has 2 aromatic heterocycles. The maximum absolute atomic E-state index is 13.8. The summed E-state index contributed by atoms with van der Waals surface area (Å²) < 4.78 is 32.8. The number of anilines is 2. The number of hydrogen-bond donors (Lipinski definition) is 3. The van der Waals surface area contributed by atoms with Crippen LogP contribution >= 0.6 is 11.3 Å². The lowest BCUT2D eigenvalue weighted by Crippen LogP contribution is -2.46. The van der Waals surface area contributed by atoms with Crippen molar-refractivity contribution < 1.29 is 27.9 Å². The Morgan fingerprint density at radius 2 is 1.97 bits per heavy atom. The number of aromatic nitrogens is 2. The first-order valence-corrected chi connectivity index (χ1v) is 11.3. The smallest absolute Gasteiger partial charge is 0.341 e. The quantitative estimate of drug-likeness (QED) is 0.453. The maximum atomic E-state index is 13.8. The van der Waals surface area contributed by atoms with Crippen LogP contribution in [0.25, 0.3) is 10.4 Å². The Bertz CT molecular complexity index is 1260. The number of rotatable bonds is 5. The fourth-order valence-electron chi connectivity index (χ4n) is 3.49. The molecule has 1 saturated heterocycles. The van der Waals surface area contributed by atoms with Crippen LogP contribution < -0.4 is 16.4 Å². The van der Waals surface area contributed by atoms with E-state index in [9.17, 15) is 23.2 Å². The molecular weight excluding hydrogens is 482 g/mol. The third-order valence-electron chi connectivity index (χ3n) is 5.15. The summed E-state index contributed by atoms with van der Waals surface area (Å²) in [5.41, 5.74) is 5.65. The van der Waals surface area contributed by atoms with E-state index < -0.39 is 35.8 Å². The Labute approximate surface area is 202 Å². The Kier molecular flexibility index (Phi) is 7.15. The van der Waals surface area contributed by atoms with Crippen molar-refractivity contribution in [3.05, 3.63) is 60.1 Å². The lowest BCUT2D eigenvalue weighted by atomic mass is 10.1. The number of nitrogens with zero attached hydrogens (tertiary/aromatic N) is 3. The molecule has 182 valence electrons. The first-order valence-electron chi connectivity index (χ1n) is 10.5. The van der Waals surface area contributed by atoms with Gasteiger partial charge in [0.25, 0.3) is 0 Å². The summed E-state index contributed by atoms with van der Waals surface area (Å²) in [4.78, 5) is 46.6. The van der Waals surface area contributed by atoms with Crippen molar-refractivity contribution in [1.82, 2.24) is 14.9 Å². The van der Waals surface area contributed by atoms with Crippen LogP contribution in [0.3, 0.4) is 0 Å². The van der Waals surface area contributed by atoms with Crippen LogP contribution in [0, 0.1) is 11.6 Å². The molecule has 4 amide bonds. The third kappa shape index (κ3) is 5.87. The minimum absolute atomic E-state index is 0.0141. The molecule has 0 aliphatic carbocycles. The molecule has 0 bridgehead atoms. The molecule has 1 fully saturated rings. The number of ether oxygens (including phenoxy) is 1. The van der Waals surface area contributed by atoms with Crippen molar-refractivity contribution >= 4 is 40.2 Å². The molecule has 1 aliphatic rings. The van der Waals surface area contributed by atoms with Crippen LogP contribution in [0.2, 0.25) is 0 Å². The molecule has 3 aromatic rings. The number of primary amides is 1. The molecule has 1 aliphatic heterocycles. The van der Waals surface area contributed by atoms with E-state index in [1.54, 1.807) is 0 Å². The number of likely N-dealkylation sites (tertiary alicyclic amines) is 1. The number of hydrogen-bond acceptors (Lipinski definition) is 7. The van der Waals surface area contributed by atoms with Crippen molar-refractivity contribution in [2.24, 2.45) is 5.73 Å². The standard InChI is InChI=1S/C22H20F2N6O4S/c23-15-4-3-12(8-16(15)24)17-9-14(20(31)34-13-2-1-7-30(11-13)21(25)32)19(35-17)29-22(33)28-18-10-26-5-6-27-18/h3-6,8-10,13H,1-2,7,11H2,(H2,25,32)(H2,27,28,29,33). The number of benzene rings is 1. The number of carbonyl (C=O) groups is 3. The Morgan fingerprint density at radius 3 is 2.69 bits per heavy atom. The van der Waals surface area contributed by atoms with Crippen LogP contribution in [0.4, 0.5) is 29.2 Å². The van der Waals surface area contributed by atoms with Gasteiger partial charge in [0, 0.05) is 23.8 Å². The highest BCUT2D eigenvalue weighted by atomic mass is 32.1. The van der Waals surface area contributed by atoms with Gasteiger partial charge >= 0.3 is 18.0 Å². The van der Waals surface area contributed by atoms with E-state index in [1.807, 2.05) is 0 Å². The molecule has 1 unspecified atom stereocenters. The molecule has 4 rings (SSSR count). The zero-order valence-corrected chi connectivity index (χ0v) is 19.0. The van der Waals surface area contributed by atoms with Crippen molar-refractivity contribution in [2.45, 2.75) is 18.9 Å². The molecule has 3 heterocycles. The summed E-state index contributed by atoms with van der Waals surface area (Å²) in [5, 5.41) is 5.18. The van der Waals surface area contributed by atoms with Crippen molar-refractivity contribution in [3.63, 3.8) is 0 Å². The molecule has 0 saturated carbocycles. The van der Waals surface area contributed by atoms with E-state index in [0.29, 0.717) is 29.8 Å². The predicted octanol–water partition coefficient (Wildman–Crippen LogP) is 3.83. The Morgan fingerprint density at radius 1 is 1.14 bits per heavy atom. The zero-order chi connectivity index (χ0) is 24.9. The second kappa shape index (κ2) is 10.4. The topological polar surface area (TPSA) is 140 Å². The van der Waals surface area contributed by atoms with Gasteiger partial charge < -0.3 is 15.4 Å². The highest BCUT2D eigenvalue weighted by Crippen LogP contribution is 2.37. The molecule has 0 spiro atoms. The Balaban J connectivity index is 1.58. The first-order chi connectivity index (χ1) is 16.8. The van der Waals surface area contributed by atoms with Crippen molar-refractivity contribution in [2.75, 3.05) is 23.7 Å². The lowest BCUT2D eigenvalue weighted by molar-refractivity contribution is 0.0129. The minimum atomic E-state index is -1.05. The van der Waals surface area contributed by atoms with E-state index in [1.165, 1.54) is 35.6 Å². The van der Waals surface area contributed by atoms with E-state index in [4.69, 9.17) is 10.5 Å². The summed E-state index contributed by atoms with van der Waals surface area (Å²) in [6, 6.07) is 3.43. The monoisotopic (exact) mass is 502 g/mol. The van der Waals surface area contributed by atoms with Gasteiger partial charge in [0.15, 0.2) is 17.5 Å². The number of carbonyl (C=O) groups excluding carboxylic acids is 3. The minimum Gasteiger partial charge on any atom is -0.457 e. The Hall–Kier alpha value is -4.13. The van der Waals surface area contributed by atoms with Gasteiger partial charge in [0.1, 0.15) is 11.1 Å². The number of halogens is 2. The predicted molar refractivity (Wildman–Crippen MR) is 124 cm³/mol. The van der Waals surface area contributed by atoms with Crippen LogP contribution in [0.5, 0.6) is 0 Å². The molecule has 13 heteroatoms. The van der Waals surface area contributed by atoms with Gasteiger partial charge in [0.05, 0.1) is 18.3 Å². The van der Waals surface area contributed by atoms with Crippen LogP contribution in [0.15, 0.2) is 42.9 Å². The van der Waals surface area contributed by atoms with Gasteiger partial charge in [-0.3, -0.25) is 15.6 Å². The molecule has 35 heavy (non-hydrogen) atoms. The summed E-state index contributed by atoms with van der Waals surface area (Å²) in [6.45, 7) is 0.620. The second-order valence-electron chi connectivity index (χ2n) is 7.61. The van der Waals surface area contributed by atoms with E-state index in [-0.39, 0.29) is 22.9 Å². The van der Waals surface area contributed by atoms with E-state index >= 15 is 0 Å². The number of nitrogens with one attached hydrogen (secondary N) is 2. The number of piperidine rings is 1. The van der Waals surface area contributed by atoms with Gasteiger partial charge in [-0.05, 0) is 36.6 Å². The maximum Gasteiger partial charge on any atom is 0.341 e. The van der Waals surface area contributed by atoms with Crippen molar-refractivity contribution in [3.8, 4) is 10.4 Å². The third-order valence-corrected chi connectivity index (χ3v) is 6.25. The van der Waals surface area contributed by atoms with Crippen LogP contribution in [0.1, 0.15) is 23.2 Å². The molecule has 1 atom stereocenters. The van der Waals surface area contributed by atoms with Gasteiger partial charge in [-0.15, -0.1) is 11.3 Å². The molecular formula is C22H20F2N6O4S. The lowest BCUT2D eigenvalue weighted by Gasteiger charge is -2.31. The van der Waals surface area contributed by atoms with E-state index in [0.717, 1.165) is 23.5 Å². The van der Waals surface area contributed by atoms with E-state index in [2.05, 4.69) is 20.6 Å². The summed E-state index contributed by atoms with van der Waals surface area (Å²) >= 11 is 0.979. The van der Waals surface area contributed by atoms with Crippen LogP contribution in [-0.4, -0.2) is 52.1 Å². The number of urea groups is 2. The highest BCUT2D eigenvalue weighted by Gasteiger charge is 2.28. The highest BCUT2D eigenvalue weighted by molar-refractivity contribution is 7.20. The zero-order valence-electron chi connectivity index (χ0n) is 18.2. The SMILES string of the molecule is NC(=O)N1CCCC(OC(=O)c2cc(-c3ccc(F)c(F)c3)sc2NC(=O)Nc2cnccn2)C1. The van der Waals surface area contributed by atoms with Gasteiger partial charge in [-0.2, -0.15) is 0 Å². The number of nitrogens with two attached hydrogens (primary N) is 1. The summed E-state index contributed by atoms with van der Waals surface area (Å²) in [6.07, 6.45) is 4.72. The molecule has 10 nitrogen and oxygen atoms in total. The normalized spacial score (nSPS) is 15.4. The van der Waals surface area contributed by atoms with Gasteiger partial charge in [-0.25, -0.2) is 28.1 Å². The fourth-order valence-corrected chi connectivity index (χ4v) is 4.53. The average molecular weight is 503 g/mol. The van der Waals surface area contributed by atoms with Gasteiger partial charge in [0.2, 0.25) is 0 Å². The van der Waals surface area contributed by atoms with Gasteiger partial charge in [-0.1, -0.05) is 6.07 Å². The number of thiophene rings is 1.